The predicted octanol–water partition coefficient (Wildman–Crippen LogP) is 1.44. The number of aliphatic hydroxyl groups is 1. The summed E-state index contributed by atoms with van der Waals surface area (Å²) in [6.07, 6.45) is -0.394. The molecule has 0 spiro atoms. The normalized spacial score (nSPS) is 20.3. The van der Waals surface area contributed by atoms with Crippen LogP contribution < -0.4 is 26.4 Å². The van der Waals surface area contributed by atoms with Gasteiger partial charge in [0.2, 0.25) is 0 Å². The van der Waals surface area contributed by atoms with Crippen molar-refractivity contribution in [1.29, 1.82) is 0 Å². The van der Waals surface area contributed by atoms with Gasteiger partial charge < -0.3 is 36.3 Å². The van der Waals surface area contributed by atoms with Crippen molar-refractivity contribution in [2.45, 2.75) is 31.0 Å². The Balaban J connectivity index is 1.30. The highest BCUT2D eigenvalue weighted by Gasteiger charge is 2.46. The van der Waals surface area contributed by atoms with E-state index in [0.29, 0.717) is 39.0 Å². The molecule has 208 valence electrons. The number of imidazole rings is 1. The summed E-state index contributed by atoms with van der Waals surface area (Å²) in [5.41, 5.74) is 8.15. The van der Waals surface area contributed by atoms with Crippen molar-refractivity contribution in [2.24, 2.45) is 5.73 Å². The smallest absolute Gasteiger partial charge is 0.262 e. The van der Waals surface area contributed by atoms with Crippen LogP contribution in [0.5, 0.6) is 5.75 Å². The number of benzene rings is 2. The number of para-hydroxylation sites is 1. The second-order valence-corrected chi connectivity index (χ2v) is 9.42. The lowest BCUT2D eigenvalue weighted by atomic mass is 10.1. The zero-order chi connectivity index (χ0) is 28.2. The molecule has 40 heavy (non-hydrogen) atoms. The molecule has 6 N–H and O–H groups in total. The van der Waals surface area contributed by atoms with E-state index in [1.54, 1.807) is 30.3 Å². The molecule has 1 saturated heterocycles. The number of carbonyl (C=O) groups is 2. The Labute approximate surface area is 233 Å². The van der Waals surface area contributed by atoms with E-state index < -0.39 is 30.4 Å². The van der Waals surface area contributed by atoms with Gasteiger partial charge in [-0.15, -0.1) is 0 Å². The molecule has 2 aromatic carbocycles. The second kappa shape index (κ2) is 11.8. The Kier molecular flexibility index (Phi) is 8.07. The van der Waals surface area contributed by atoms with Gasteiger partial charge in [0.15, 0.2) is 35.9 Å². The van der Waals surface area contributed by atoms with Gasteiger partial charge in [0.05, 0.1) is 12.4 Å². The summed E-state index contributed by atoms with van der Waals surface area (Å²) in [5.74, 6) is 0.120. The first-order valence-corrected chi connectivity index (χ1v) is 12.7. The van der Waals surface area contributed by atoms with Gasteiger partial charge in [-0.05, 0) is 30.3 Å². The van der Waals surface area contributed by atoms with Gasteiger partial charge in [0.1, 0.15) is 18.2 Å². The fourth-order valence-electron chi connectivity index (χ4n) is 4.33. The van der Waals surface area contributed by atoms with Crippen LogP contribution in [-0.4, -0.2) is 68.3 Å². The average Bonchev–Trinajstić information content (AvgIpc) is 3.52. The molecule has 4 aromatic rings. The Bertz CT molecular complexity index is 1520. The lowest BCUT2D eigenvalue weighted by Crippen LogP contribution is -2.46. The van der Waals surface area contributed by atoms with Crippen molar-refractivity contribution in [3.63, 3.8) is 0 Å². The zero-order valence-electron chi connectivity index (χ0n) is 21.3. The van der Waals surface area contributed by atoms with E-state index in [4.69, 9.17) is 26.8 Å². The van der Waals surface area contributed by atoms with Crippen molar-refractivity contribution in [3.8, 4) is 5.75 Å². The molecule has 3 heterocycles. The lowest BCUT2D eigenvalue weighted by Gasteiger charge is -2.17. The topological polar surface area (TPSA) is 179 Å². The van der Waals surface area contributed by atoms with E-state index in [1.165, 1.54) is 24.3 Å². The molecule has 1 fully saturated rings. The van der Waals surface area contributed by atoms with Gasteiger partial charge in [-0.3, -0.25) is 14.2 Å². The number of likely N-dealkylation sites (N-methyl/N-ethyl adjacent to an activating group) is 1. The van der Waals surface area contributed by atoms with Crippen LogP contribution in [0.25, 0.3) is 11.2 Å². The summed E-state index contributed by atoms with van der Waals surface area (Å²) in [6, 6.07) is 13.2. The highest BCUT2D eigenvalue weighted by molar-refractivity contribution is 6.30. The molecular weight excluding hydrogens is 540 g/mol. The Hall–Kier alpha value is -4.30. The number of carbonyl (C=O) groups excluding carboxylic acids is 2. The molecule has 2 amide bonds. The van der Waals surface area contributed by atoms with Crippen molar-refractivity contribution in [1.82, 2.24) is 24.8 Å². The van der Waals surface area contributed by atoms with E-state index in [2.05, 4.69) is 30.9 Å². The summed E-state index contributed by atoms with van der Waals surface area (Å²) < 4.78 is 13.1. The third kappa shape index (κ3) is 5.67. The molecule has 13 nitrogen and oxygen atoms in total. The van der Waals surface area contributed by atoms with E-state index in [1.807, 2.05) is 18.2 Å². The Morgan fingerprint density at radius 2 is 1.98 bits per heavy atom. The van der Waals surface area contributed by atoms with Crippen molar-refractivity contribution in [3.05, 3.63) is 71.8 Å². The van der Waals surface area contributed by atoms with Crippen molar-refractivity contribution >= 4 is 46.1 Å². The first-order chi connectivity index (χ1) is 19.4. The summed E-state index contributed by atoms with van der Waals surface area (Å²) in [5, 5.41) is 19.6. The fourth-order valence-corrected chi connectivity index (χ4v) is 4.53. The summed E-state index contributed by atoms with van der Waals surface area (Å²) in [7, 11) is 1.46. The van der Waals surface area contributed by atoms with E-state index in [0.717, 1.165) is 0 Å². The number of aliphatic hydroxyl groups excluding tert-OH is 1. The minimum atomic E-state index is -1.17. The van der Waals surface area contributed by atoms with Gasteiger partial charge in [0.25, 0.3) is 11.8 Å². The SMILES string of the molecule is CNC(=O)[C@H]1O[C@@H](n2cnc3c(NCc4cc(Cl)ccc4OCC(=O)Nc4ccccc4)ncnc32)[C@H](O)[C@@H]1N. The molecule has 0 bridgehead atoms. The number of hydrogen-bond acceptors (Lipinski definition) is 10. The maximum atomic E-state index is 12.4. The molecule has 14 heteroatoms. The third-order valence-electron chi connectivity index (χ3n) is 6.35. The molecule has 0 saturated carbocycles. The Morgan fingerprint density at radius 1 is 1.18 bits per heavy atom. The predicted molar refractivity (Wildman–Crippen MR) is 147 cm³/mol. The van der Waals surface area contributed by atoms with Crippen molar-refractivity contribution in [2.75, 3.05) is 24.3 Å². The third-order valence-corrected chi connectivity index (χ3v) is 6.58. The molecule has 2 aromatic heterocycles. The summed E-state index contributed by atoms with van der Waals surface area (Å²) >= 11 is 6.23. The van der Waals surface area contributed by atoms with Crippen LogP contribution in [0.2, 0.25) is 5.02 Å². The molecule has 1 aliphatic rings. The largest absolute Gasteiger partial charge is 0.483 e. The highest BCUT2D eigenvalue weighted by atomic mass is 35.5. The van der Waals surface area contributed by atoms with Gasteiger partial charge in [0, 0.05) is 29.9 Å². The number of halogens is 1. The number of fused-ring (bicyclic) bond motifs is 1. The van der Waals surface area contributed by atoms with Crippen LogP contribution in [0.1, 0.15) is 11.8 Å². The number of amides is 2. The van der Waals surface area contributed by atoms with E-state index in [-0.39, 0.29) is 19.1 Å². The maximum absolute atomic E-state index is 12.4. The molecule has 4 atom stereocenters. The standard InChI is InChI=1S/C26H27ClN8O5/c1-29-25(38)22-19(28)21(37)26(40-22)35-13-33-20-23(31-12-32-24(20)35)30-10-14-9-15(27)7-8-17(14)39-11-18(36)34-16-5-3-2-4-6-16/h2-9,12-13,19,21-22,26,37H,10-11,28H2,1H3,(H,29,38)(H,34,36)(H,30,31,32)/t19-,21+,22-,26+/m0/s1. The molecular formula is C26H27ClN8O5. The molecule has 1 aliphatic heterocycles. The monoisotopic (exact) mass is 566 g/mol. The zero-order valence-corrected chi connectivity index (χ0v) is 22.1. The minimum Gasteiger partial charge on any atom is -0.483 e. The maximum Gasteiger partial charge on any atom is 0.262 e. The second-order valence-electron chi connectivity index (χ2n) is 8.98. The first kappa shape index (κ1) is 27.3. The number of ether oxygens (including phenoxy) is 2. The van der Waals surface area contributed by atoms with Crippen LogP contribution in [0.4, 0.5) is 11.5 Å². The molecule has 0 unspecified atom stereocenters. The fraction of sp³-hybridized carbons (Fsp3) is 0.269. The van der Waals surface area contributed by atoms with Gasteiger partial charge in [-0.2, -0.15) is 0 Å². The van der Waals surface area contributed by atoms with Gasteiger partial charge in [-0.25, -0.2) is 15.0 Å². The number of nitrogens with zero attached hydrogens (tertiary/aromatic N) is 4. The number of nitrogens with one attached hydrogen (secondary N) is 3. The summed E-state index contributed by atoms with van der Waals surface area (Å²) in [6.45, 7) is 0.0376. The van der Waals surface area contributed by atoms with Gasteiger partial charge >= 0.3 is 0 Å². The Morgan fingerprint density at radius 3 is 2.75 bits per heavy atom. The number of aromatic nitrogens is 4. The first-order valence-electron chi connectivity index (χ1n) is 12.3. The summed E-state index contributed by atoms with van der Waals surface area (Å²) in [4.78, 5) is 37.5. The quantitative estimate of drug-likeness (QED) is 0.199. The minimum absolute atomic E-state index is 0.200. The molecule has 0 aliphatic carbocycles. The van der Waals surface area contributed by atoms with E-state index in [9.17, 15) is 14.7 Å². The van der Waals surface area contributed by atoms with Crippen LogP contribution >= 0.6 is 11.6 Å². The van der Waals surface area contributed by atoms with Crippen LogP contribution in [-0.2, 0) is 20.9 Å². The molecule has 5 rings (SSSR count). The van der Waals surface area contributed by atoms with E-state index >= 15 is 0 Å². The average molecular weight is 567 g/mol. The number of rotatable bonds is 9. The molecule has 0 radical (unpaired) electrons. The number of hydrogen-bond donors (Lipinski definition) is 5. The van der Waals surface area contributed by atoms with Gasteiger partial charge in [-0.1, -0.05) is 29.8 Å². The van der Waals surface area contributed by atoms with Crippen molar-refractivity contribution < 1.29 is 24.2 Å². The highest BCUT2D eigenvalue weighted by Crippen LogP contribution is 2.32. The van der Waals surface area contributed by atoms with Crippen LogP contribution in [0, 0.1) is 0 Å². The lowest BCUT2D eigenvalue weighted by molar-refractivity contribution is -0.134. The number of anilines is 2. The van der Waals surface area contributed by atoms with Crippen LogP contribution in [0.3, 0.4) is 0 Å². The van der Waals surface area contributed by atoms with Crippen LogP contribution in [0.15, 0.2) is 61.2 Å². The number of nitrogens with two attached hydrogens (primary N) is 1.